The third-order valence-corrected chi connectivity index (χ3v) is 17.1. The number of rotatable bonds is 46. The summed E-state index contributed by atoms with van der Waals surface area (Å²) in [6.07, 6.45) is 1.08. The Balaban J connectivity index is 1.91. The highest BCUT2D eigenvalue weighted by atomic mass is 32.1. The van der Waals surface area contributed by atoms with Crippen molar-refractivity contribution in [1.82, 2.24) is 78.6 Å². The summed E-state index contributed by atoms with van der Waals surface area (Å²) >= 11 is 8.50. The van der Waals surface area contributed by atoms with Crippen LogP contribution in [0.25, 0.3) is 10.9 Å². The summed E-state index contributed by atoms with van der Waals surface area (Å²) in [5, 5.41) is 70.1. The Bertz CT molecular complexity index is 3160. The Kier molecular flexibility index (Phi) is 39.2. The second-order valence-corrected chi connectivity index (χ2v) is 24.8. The Morgan fingerprint density at radius 3 is 1.42 bits per heavy atom. The van der Waals surface area contributed by atoms with Crippen LogP contribution in [0.2, 0.25) is 0 Å². The molecule has 32 nitrogen and oxygen atoms in total. The maximum atomic E-state index is 14.9. The molecule has 3 rings (SSSR count). The van der Waals surface area contributed by atoms with E-state index in [9.17, 15) is 63.0 Å². The number of thiol groups is 2. The SMILES string of the molecule is CCN(CC)C(=N)NCCCC[C@@H](NC(C)=O)C(=O)N[C@H](CCCCNC(=N)N(CC)CC)C(=O)NCC(=O)N[C@@H](CS)C(=O)N[C@@H](Cc1ccccc1)C(=O)N[C@H](Cc1c[nH]c2ccccc12)C(=O)N[C@@H](CCCCN)C(=O)N[C@H](C(=O)N[C@@H](CS)C(=O)N[C@H](C(N)=O)[C@@H](C)O)[C@@H](C)O. The van der Waals surface area contributed by atoms with Gasteiger partial charge in [-0.1, -0.05) is 48.5 Å². The lowest BCUT2D eigenvalue weighted by molar-refractivity contribution is -0.137. The predicted octanol–water partition coefficient (Wildman–Crippen LogP) is -2.24. The van der Waals surface area contributed by atoms with Gasteiger partial charge in [0.15, 0.2) is 11.9 Å². The number of aromatic amines is 1. The van der Waals surface area contributed by atoms with Crippen molar-refractivity contribution in [2.45, 2.75) is 186 Å². The van der Waals surface area contributed by atoms with Gasteiger partial charge in [-0.3, -0.25) is 63.6 Å². The topological polar surface area (TPSA) is 495 Å². The molecule has 1 heterocycles. The quantitative estimate of drug-likeness (QED) is 0.0123. The van der Waals surface area contributed by atoms with Crippen LogP contribution in [0, 0.1) is 10.8 Å². The Morgan fingerprint density at radius 2 is 0.920 bits per heavy atom. The molecule has 21 N–H and O–H groups in total. The summed E-state index contributed by atoms with van der Waals surface area (Å²) in [5.41, 5.74) is 13.0. The summed E-state index contributed by atoms with van der Waals surface area (Å²) in [7, 11) is 0. The number of aromatic nitrogens is 1. The van der Waals surface area contributed by atoms with Gasteiger partial charge in [-0.05, 0) is 123 Å². The number of carbonyl (C=O) groups excluding carboxylic acids is 11. The molecule has 34 heteroatoms. The van der Waals surface area contributed by atoms with E-state index in [0.29, 0.717) is 93.4 Å². The molecular weight excluding hydrogens is 1330 g/mol. The molecule has 0 saturated heterocycles. The van der Waals surface area contributed by atoms with Crippen molar-refractivity contribution in [3.05, 3.63) is 71.9 Å². The van der Waals surface area contributed by atoms with Gasteiger partial charge < -0.3 is 100 Å². The summed E-state index contributed by atoms with van der Waals surface area (Å²) in [5.74, 6) is -9.58. The first kappa shape index (κ1) is 85.5. The minimum atomic E-state index is -1.75. The Morgan fingerprint density at radius 1 is 0.500 bits per heavy atom. The Labute approximate surface area is 595 Å². The van der Waals surface area contributed by atoms with Gasteiger partial charge in [-0.15, -0.1) is 0 Å². The zero-order chi connectivity index (χ0) is 74.4. The van der Waals surface area contributed by atoms with Crippen molar-refractivity contribution in [2.75, 3.05) is 63.9 Å². The van der Waals surface area contributed by atoms with Gasteiger partial charge in [0, 0.05) is 87.6 Å². The summed E-state index contributed by atoms with van der Waals surface area (Å²) in [6, 6.07) is 2.92. The number of primary amides is 1. The van der Waals surface area contributed by atoms with Crippen molar-refractivity contribution in [3.63, 3.8) is 0 Å². The largest absolute Gasteiger partial charge is 0.391 e. The van der Waals surface area contributed by atoms with Crippen LogP contribution < -0.4 is 75.3 Å². The van der Waals surface area contributed by atoms with Crippen LogP contribution in [0.3, 0.4) is 0 Å². The van der Waals surface area contributed by atoms with E-state index >= 15 is 0 Å². The number of para-hydroxylation sites is 1. The first-order chi connectivity index (χ1) is 47.7. The number of benzene rings is 2. The number of fused-ring (bicyclic) bond motifs is 1. The summed E-state index contributed by atoms with van der Waals surface area (Å²) in [6.45, 7) is 14.3. The van der Waals surface area contributed by atoms with Gasteiger partial charge in [0.2, 0.25) is 65.0 Å². The number of nitrogens with one attached hydrogen (secondary N) is 15. The summed E-state index contributed by atoms with van der Waals surface area (Å²) in [4.78, 5) is 158. The third kappa shape index (κ3) is 29.6. The molecule has 0 fully saturated rings. The monoisotopic (exact) mass is 1440 g/mol. The van der Waals surface area contributed by atoms with E-state index in [4.69, 9.17) is 22.3 Å². The van der Waals surface area contributed by atoms with Crippen LogP contribution >= 0.6 is 25.3 Å². The molecule has 11 amide bonds. The number of unbranched alkanes of at least 4 members (excludes halogenated alkanes) is 3. The van der Waals surface area contributed by atoms with E-state index < -0.39 is 138 Å². The molecule has 0 unspecified atom stereocenters. The lowest BCUT2D eigenvalue weighted by atomic mass is 10.0. The first-order valence-electron chi connectivity index (χ1n) is 33.9. The van der Waals surface area contributed by atoms with E-state index in [1.165, 1.54) is 20.8 Å². The molecule has 0 aliphatic rings. The van der Waals surface area contributed by atoms with Crippen LogP contribution in [-0.2, 0) is 65.6 Å². The average molecular weight is 1440 g/mol. The normalized spacial score (nSPS) is 14.4. The number of H-pyrrole nitrogens is 1. The fourth-order valence-corrected chi connectivity index (χ4v) is 11.1. The number of amides is 11. The second-order valence-electron chi connectivity index (χ2n) is 24.0. The number of aliphatic hydroxyl groups is 2. The smallest absolute Gasteiger partial charge is 0.245 e. The zero-order valence-corrected chi connectivity index (χ0v) is 60.1. The van der Waals surface area contributed by atoms with E-state index in [-0.39, 0.29) is 68.5 Å². The highest BCUT2D eigenvalue weighted by Gasteiger charge is 2.37. The van der Waals surface area contributed by atoms with Crippen LogP contribution in [0.1, 0.15) is 117 Å². The van der Waals surface area contributed by atoms with Crippen LogP contribution in [-0.4, -0.2) is 232 Å². The van der Waals surface area contributed by atoms with Crippen LogP contribution in [0.5, 0.6) is 0 Å². The molecule has 3 aromatic rings. The van der Waals surface area contributed by atoms with Gasteiger partial charge in [0.1, 0.15) is 54.4 Å². The zero-order valence-electron chi connectivity index (χ0n) is 58.3. The minimum absolute atomic E-state index is 0.0641. The van der Waals surface area contributed by atoms with Crippen molar-refractivity contribution >= 4 is 113 Å². The molecule has 11 atom stereocenters. The van der Waals surface area contributed by atoms with Gasteiger partial charge >= 0.3 is 0 Å². The summed E-state index contributed by atoms with van der Waals surface area (Å²) < 4.78 is 0. The van der Waals surface area contributed by atoms with E-state index in [1.54, 1.807) is 60.8 Å². The molecule has 2 aromatic carbocycles. The number of nitrogens with two attached hydrogens (primary N) is 2. The Hall–Kier alpha value is -8.73. The molecule has 0 saturated carbocycles. The van der Waals surface area contributed by atoms with Gasteiger partial charge in [0.05, 0.1) is 18.8 Å². The van der Waals surface area contributed by atoms with Gasteiger partial charge in [0.25, 0.3) is 0 Å². The number of hydrogen-bond donors (Lipinski definition) is 21. The van der Waals surface area contributed by atoms with Crippen LogP contribution in [0.4, 0.5) is 0 Å². The third-order valence-electron chi connectivity index (χ3n) is 16.4. The van der Waals surface area contributed by atoms with Crippen LogP contribution in [0.15, 0.2) is 60.8 Å². The fraction of sp³-hybridized carbons (Fsp3) is 0.591. The fourth-order valence-electron chi connectivity index (χ4n) is 10.6. The lowest BCUT2D eigenvalue weighted by Gasteiger charge is -2.28. The minimum Gasteiger partial charge on any atom is -0.391 e. The van der Waals surface area contributed by atoms with Gasteiger partial charge in [-0.25, -0.2) is 0 Å². The molecule has 0 aliphatic carbocycles. The second kappa shape index (κ2) is 45.8. The first-order valence-corrected chi connectivity index (χ1v) is 35.2. The highest BCUT2D eigenvalue weighted by Crippen LogP contribution is 2.20. The number of guanidine groups is 2. The van der Waals surface area contributed by atoms with E-state index in [2.05, 4.69) is 94.0 Å². The number of aliphatic hydroxyl groups excluding tert-OH is 2. The van der Waals surface area contributed by atoms with Gasteiger partial charge in [-0.2, -0.15) is 25.3 Å². The van der Waals surface area contributed by atoms with E-state index in [0.717, 1.165) is 0 Å². The molecule has 0 aliphatic heterocycles. The van der Waals surface area contributed by atoms with Crippen molar-refractivity contribution in [1.29, 1.82) is 10.8 Å². The molecule has 0 spiro atoms. The van der Waals surface area contributed by atoms with Crippen molar-refractivity contribution in [3.8, 4) is 0 Å². The molecule has 100 heavy (non-hydrogen) atoms. The average Bonchev–Trinajstić information content (AvgIpc) is 1.44. The number of nitrogens with zero attached hydrogens (tertiary/aromatic N) is 2. The predicted molar refractivity (Wildman–Crippen MR) is 386 cm³/mol. The van der Waals surface area contributed by atoms with Crippen molar-refractivity contribution < 1.29 is 63.0 Å². The van der Waals surface area contributed by atoms with Crippen molar-refractivity contribution in [2.24, 2.45) is 11.5 Å². The molecular formula is C66H107N19O13S2. The molecule has 0 radical (unpaired) electrons. The number of hydrogen-bond acceptors (Lipinski definition) is 18. The highest BCUT2D eigenvalue weighted by molar-refractivity contribution is 7.80. The molecule has 0 bridgehead atoms. The molecule has 1 aromatic heterocycles. The maximum Gasteiger partial charge on any atom is 0.245 e. The lowest BCUT2D eigenvalue weighted by Crippen LogP contribution is -2.62. The molecule has 556 valence electrons. The standard InChI is InChI=1S/C66H107N19O13S2/c1-8-84(9-2)65(69)71-31-21-18-28-46(77-58(92)47(75-41(7)88)29-19-22-32-72-66(70)85(10-3)11-4)57(91)74-36-53(89)76-51(37-99)62(96)79-49(33-42-23-13-12-14-24-42)60(94)80-50(34-43-35-73-45-26-16-15-25-44(43)45)61(95)78-48(27-17-20-30-67)59(93)83-55(40(6)87)64(98)81-52(38-100)63(97)82-54(39(5)86)56(68)90/h12-16,23-26,35,39-40,46-52,54-55,73,86-87,99-100H,8-11,17-22,27-34,36-38,67H2,1-7H3,(H2,68,90)(H2,69,71)(H2,70,72)(H,74,91)(H,75,88)(H,76,89)(H,77,92)(H,78,95)(H,79,96)(H,80,94)(H,81,98)(H,82,97)(H,83,93)/t39-,40-,46-,47-,48+,49+,50-,51+,52+,54+,55+/m1/s1. The number of carbonyl (C=O) groups is 11. The van der Waals surface area contributed by atoms with E-state index in [1.807, 2.05) is 37.5 Å². The maximum absolute atomic E-state index is 14.9.